The molecule has 0 amide bonds. The van der Waals surface area contributed by atoms with Crippen LogP contribution in [0.1, 0.15) is 116 Å². The number of hydrogen-bond acceptors (Lipinski definition) is 2. The molecule has 2 atom stereocenters. The van der Waals surface area contributed by atoms with Gasteiger partial charge in [0.2, 0.25) is 0 Å². The molecular formula is C55H60N2. The molecule has 0 heterocycles. The third-order valence-corrected chi connectivity index (χ3v) is 14.4. The Balaban J connectivity index is 1.21. The minimum atomic E-state index is 0.169. The Hall–Kier alpha value is -5.08. The number of benzene rings is 6. The van der Waals surface area contributed by atoms with Crippen LogP contribution in [0.3, 0.4) is 0 Å². The van der Waals surface area contributed by atoms with Crippen LogP contribution >= 0.6 is 0 Å². The van der Waals surface area contributed by atoms with Gasteiger partial charge in [0, 0.05) is 33.6 Å². The zero-order valence-corrected chi connectivity index (χ0v) is 35.4. The molecular weight excluding hydrogens is 689 g/mol. The van der Waals surface area contributed by atoms with Crippen molar-refractivity contribution in [2.45, 2.75) is 124 Å². The van der Waals surface area contributed by atoms with E-state index in [-0.39, 0.29) is 10.8 Å². The van der Waals surface area contributed by atoms with Crippen LogP contribution in [-0.2, 0) is 30.1 Å². The quantitative estimate of drug-likeness (QED) is 0.130. The molecule has 3 aliphatic rings. The van der Waals surface area contributed by atoms with Crippen molar-refractivity contribution in [3.05, 3.63) is 165 Å². The van der Waals surface area contributed by atoms with Crippen LogP contribution in [-0.4, -0.2) is 0 Å². The molecule has 9 rings (SSSR count). The summed E-state index contributed by atoms with van der Waals surface area (Å²) in [6, 6.07) is 45.2. The van der Waals surface area contributed by atoms with Crippen molar-refractivity contribution in [1.82, 2.24) is 0 Å². The van der Waals surface area contributed by atoms with Crippen LogP contribution in [0.25, 0.3) is 11.1 Å². The van der Waals surface area contributed by atoms with E-state index in [2.05, 4.69) is 174 Å². The van der Waals surface area contributed by atoms with Crippen LogP contribution in [0.4, 0.5) is 34.1 Å². The van der Waals surface area contributed by atoms with E-state index in [0.717, 1.165) is 19.3 Å². The monoisotopic (exact) mass is 748 g/mol. The maximum absolute atomic E-state index is 2.63. The fourth-order valence-corrected chi connectivity index (χ4v) is 11.5. The summed E-state index contributed by atoms with van der Waals surface area (Å²) in [6.45, 7) is 15.9. The number of para-hydroxylation sites is 1. The maximum atomic E-state index is 2.63. The first-order valence-corrected chi connectivity index (χ1v) is 22.0. The third kappa shape index (κ3) is 5.97. The van der Waals surface area contributed by atoms with Crippen LogP contribution in [0, 0.1) is 27.7 Å². The summed E-state index contributed by atoms with van der Waals surface area (Å²) in [5, 5.41) is 0. The van der Waals surface area contributed by atoms with Gasteiger partial charge in [-0.3, -0.25) is 0 Å². The summed E-state index contributed by atoms with van der Waals surface area (Å²) in [4.78, 5) is 5.11. The molecule has 2 nitrogen and oxygen atoms in total. The lowest BCUT2D eigenvalue weighted by Gasteiger charge is -2.60. The molecule has 6 aromatic carbocycles. The second-order valence-corrected chi connectivity index (χ2v) is 17.6. The molecule has 290 valence electrons. The third-order valence-electron chi connectivity index (χ3n) is 14.4. The molecule has 2 saturated carbocycles. The fraction of sp³-hybridized carbons (Fsp3) is 0.345. The highest BCUT2D eigenvalue weighted by Crippen LogP contribution is 2.72. The largest absolute Gasteiger partial charge is 0.310 e. The van der Waals surface area contributed by atoms with Gasteiger partial charge in [0.25, 0.3) is 0 Å². The molecule has 0 aliphatic heterocycles. The van der Waals surface area contributed by atoms with Crippen LogP contribution in [0.2, 0.25) is 0 Å². The first-order chi connectivity index (χ1) is 27.7. The number of rotatable bonds is 11. The lowest BCUT2D eigenvalue weighted by Crippen LogP contribution is -2.56. The lowest BCUT2D eigenvalue weighted by molar-refractivity contribution is 0.105. The standard InChI is InChI=1S/C55H60N2/c1-8-11-16-43-33-39(6)53(40(7)34-43)57(45-23-19-42(10-3)20-24-45)47-26-28-49-48-27-25-46(35-50(48)54-29-13-30-55(54,32-31-54)51(49)36-47)56(44-21-17-41(9-2)18-22-44)52-37(4)14-12-15-38(52)5/h12,14-15,17-28,33-36H,8-11,13,16,29-32H2,1-7H3/t54?,55-/m1/s1. The van der Waals surface area contributed by atoms with Gasteiger partial charge in [0.15, 0.2) is 0 Å². The van der Waals surface area contributed by atoms with E-state index < -0.39 is 0 Å². The van der Waals surface area contributed by atoms with Crippen molar-refractivity contribution in [3.63, 3.8) is 0 Å². The summed E-state index contributed by atoms with van der Waals surface area (Å²) in [5.74, 6) is 0. The predicted octanol–water partition coefficient (Wildman–Crippen LogP) is 15.5. The van der Waals surface area contributed by atoms with Crippen molar-refractivity contribution in [3.8, 4) is 11.1 Å². The van der Waals surface area contributed by atoms with Gasteiger partial charge in [-0.15, -0.1) is 0 Å². The van der Waals surface area contributed by atoms with Gasteiger partial charge in [0.05, 0.1) is 11.4 Å². The van der Waals surface area contributed by atoms with E-state index in [1.165, 1.54) is 129 Å². The minimum absolute atomic E-state index is 0.169. The second kappa shape index (κ2) is 14.7. The Labute approximate surface area is 342 Å². The van der Waals surface area contributed by atoms with Crippen LogP contribution in [0.5, 0.6) is 0 Å². The molecule has 3 aliphatic carbocycles. The summed E-state index contributed by atoms with van der Waals surface area (Å²) >= 11 is 0. The minimum Gasteiger partial charge on any atom is -0.310 e. The molecule has 57 heavy (non-hydrogen) atoms. The average Bonchev–Trinajstić information content (AvgIpc) is 3.51. The van der Waals surface area contributed by atoms with E-state index in [4.69, 9.17) is 0 Å². The number of aryl methyl sites for hydroxylation is 7. The SMILES string of the molecule is CCCCc1cc(C)c(N(c2ccc(CC)cc2)c2ccc3c(c2)[C@]24CCCC2(CC4)c2cc(N(c4ccc(CC)cc4)c4c(C)cccc4C)ccc2-3)c(C)c1. The summed E-state index contributed by atoms with van der Waals surface area (Å²) in [6.07, 6.45) is 12.0. The molecule has 1 unspecified atom stereocenters. The highest BCUT2D eigenvalue weighted by Gasteiger charge is 2.65. The van der Waals surface area contributed by atoms with E-state index in [9.17, 15) is 0 Å². The van der Waals surface area contributed by atoms with Gasteiger partial charge in [-0.25, -0.2) is 0 Å². The predicted molar refractivity (Wildman–Crippen MR) is 244 cm³/mol. The number of hydrogen-bond donors (Lipinski definition) is 0. The zero-order valence-electron chi connectivity index (χ0n) is 35.4. The van der Waals surface area contributed by atoms with Crippen LogP contribution < -0.4 is 9.80 Å². The summed E-state index contributed by atoms with van der Waals surface area (Å²) in [5.41, 5.74) is 23.5. The Morgan fingerprint density at radius 1 is 0.456 bits per heavy atom. The molecule has 2 heteroatoms. The second-order valence-electron chi connectivity index (χ2n) is 17.6. The fourth-order valence-electron chi connectivity index (χ4n) is 11.5. The first kappa shape index (κ1) is 37.5. The van der Waals surface area contributed by atoms with E-state index in [1.807, 2.05) is 0 Å². The summed E-state index contributed by atoms with van der Waals surface area (Å²) < 4.78 is 0. The number of anilines is 6. The Morgan fingerprint density at radius 2 is 0.895 bits per heavy atom. The molecule has 6 aromatic rings. The summed E-state index contributed by atoms with van der Waals surface area (Å²) in [7, 11) is 0. The number of fused-ring (bicyclic) bond motifs is 3. The molecule has 0 N–H and O–H groups in total. The number of unbranched alkanes of at least 4 members (excludes halogenated alkanes) is 1. The lowest BCUT2D eigenvalue weighted by atomic mass is 9.43. The maximum Gasteiger partial charge on any atom is 0.0520 e. The Morgan fingerprint density at radius 3 is 1.32 bits per heavy atom. The zero-order chi connectivity index (χ0) is 39.5. The van der Waals surface area contributed by atoms with Gasteiger partial charge in [-0.2, -0.15) is 0 Å². The van der Waals surface area contributed by atoms with Gasteiger partial charge in [0.1, 0.15) is 0 Å². The van der Waals surface area contributed by atoms with Gasteiger partial charge >= 0.3 is 0 Å². The highest BCUT2D eigenvalue weighted by molar-refractivity contribution is 5.89. The smallest absolute Gasteiger partial charge is 0.0520 e. The molecule has 0 saturated heterocycles. The van der Waals surface area contributed by atoms with Crippen molar-refractivity contribution in [1.29, 1.82) is 0 Å². The molecule has 0 aromatic heterocycles. The van der Waals surface area contributed by atoms with E-state index in [0.29, 0.717) is 0 Å². The van der Waals surface area contributed by atoms with Gasteiger partial charge in [-0.1, -0.05) is 100 Å². The van der Waals surface area contributed by atoms with Crippen LogP contribution in [0.15, 0.2) is 115 Å². The van der Waals surface area contributed by atoms with Crippen molar-refractivity contribution in [2.75, 3.05) is 9.80 Å². The van der Waals surface area contributed by atoms with Crippen molar-refractivity contribution >= 4 is 34.1 Å². The molecule has 0 radical (unpaired) electrons. The first-order valence-electron chi connectivity index (χ1n) is 22.0. The van der Waals surface area contributed by atoms with E-state index in [1.54, 1.807) is 11.1 Å². The topological polar surface area (TPSA) is 6.48 Å². The normalized spacial score (nSPS) is 18.9. The molecule has 0 spiro atoms. The average molecular weight is 749 g/mol. The van der Waals surface area contributed by atoms with Gasteiger partial charge < -0.3 is 9.80 Å². The Bertz CT molecular complexity index is 2410. The molecule has 2 fully saturated rings. The highest BCUT2D eigenvalue weighted by atomic mass is 15.2. The van der Waals surface area contributed by atoms with E-state index >= 15 is 0 Å². The number of nitrogens with zero attached hydrogens (tertiary/aromatic N) is 2. The van der Waals surface area contributed by atoms with Gasteiger partial charge in [-0.05, 0) is 189 Å². The van der Waals surface area contributed by atoms with Crippen molar-refractivity contribution in [2.24, 2.45) is 0 Å². The van der Waals surface area contributed by atoms with Crippen molar-refractivity contribution < 1.29 is 0 Å². The molecule has 0 bridgehead atoms. The Kier molecular flexibility index (Phi) is 9.67.